The standard InChI is InChI=1S/C27H28BrN3O2/c1-19-7-10-24-21(15-19)8-9-22-16-23(28)17-29-25(22)26(24)30-11-13-31(14-12-30)27(32)33-18-20-5-3-2-4-6-20/h2-7,10,15-17,26H,8-9,11-14,18H2,1H3. The molecule has 5 nitrogen and oxygen atoms in total. The van der Waals surface area contributed by atoms with Gasteiger partial charge in [-0.15, -0.1) is 0 Å². The highest BCUT2D eigenvalue weighted by Crippen LogP contribution is 2.37. The van der Waals surface area contributed by atoms with Crippen LogP contribution in [0.25, 0.3) is 0 Å². The molecule has 1 amide bonds. The second kappa shape index (κ2) is 9.65. The number of piperazine rings is 1. The molecular weight excluding hydrogens is 478 g/mol. The maximum atomic E-state index is 12.6. The van der Waals surface area contributed by atoms with Gasteiger partial charge >= 0.3 is 6.09 Å². The molecule has 0 radical (unpaired) electrons. The Morgan fingerprint density at radius 3 is 2.58 bits per heavy atom. The number of rotatable bonds is 3. The van der Waals surface area contributed by atoms with E-state index < -0.39 is 0 Å². The minimum Gasteiger partial charge on any atom is -0.445 e. The Morgan fingerprint density at radius 1 is 1.03 bits per heavy atom. The number of pyridine rings is 1. The molecule has 5 rings (SSSR count). The van der Waals surface area contributed by atoms with Gasteiger partial charge in [0.2, 0.25) is 0 Å². The Balaban J connectivity index is 1.33. The first kappa shape index (κ1) is 22.1. The summed E-state index contributed by atoms with van der Waals surface area (Å²) in [6.07, 6.45) is 3.67. The Hall–Kier alpha value is -2.70. The van der Waals surface area contributed by atoms with E-state index in [9.17, 15) is 4.79 Å². The smallest absolute Gasteiger partial charge is 0.410 e. The first-order valence-corrected chi connectivity index (χ1v) is 12.3. The number of carbonyl (C=O) groups excluding carboxylic acids is 1. The molecule has 1 atom stereocenters. The minimum atomic E-state index is -0.238. The average Bonchev–Trinajstić information content (AvgIpc) is 2.99. The molecule has 6 heteroatoms. The minimum absolute atomic E-state index is 0.105. The largest absolute Gasteiger partial charge is 0.445 e. The molecule has 1 saturated heterocycles. The van der Waals surface area contributed by atoms with Crippen LogP contribution in [-0.2, 0) is 24.2 Å². The molecule has 2 aliphatic rings. The third-order valence-corrected chi connectivity index (χ3v) is 7.06. The highest BCUT2D eigenvalue weighted by molar-refractivity contribution is 9.10. The molecule has 2 heterocycles. The molecule has 0 spiro atoms. The molecule has 33 heavy (non-hydrogen) atoms. The van der Waals surface area contributed by atoms with Crippen LogP contribution >= 0.6 is 15.9 Å². The molecule has 0 saturated carbocycles. The summed E-state index contributed by atoms with van der Waals surface area (Å²) >= 11 is 3.60. The summed E-state index contributed by atoms with van der Waals surface area (Å²) in [5.41, 5.74) is 7.48. The van der Waals surface area contributed by atoms with E-state index >= 15 is 0 Å². The highest BCUT2D eigenvalue weighted by Gasteiger charge is 2.33. The third-order valence-electron chi connectivity index (χ3n) is 6.63. The maximum absolute atomic E-state index is 12.6. The maximum Gasteiger partial charge on any atom is 0.410 e. The summed E-state index contributed by atoms with van der Waals surface area (Å²) in [7, 11) is 0. The zero-order chi connectivity index (χ0) is 22.8. The van der Waals surface area contributed by atoms with Crippen LogP contribution in [-0.4, -0.2) is 47.1 Å². The second-order valence-electron chi connectivity index (χ2n) is 8.87. The number of fused-ring (bicyclic) bond motifs is 2. The van der Waals surface area contributed by atoms with Crippen molar-refractivity contribution in [3.8, 4) is 0 Å². The lowest BCUT2D eigenvalue weighted by atomic mass is 9.94. The summed E-state index contributed by atoms with van der Waals surface area (Å²) in [5, 5.41) is 0. The van der Waals surface area contributed by atoms with Gasteiger partial charge in [-0.25, -0.2) is 4.79 Å². The number of halogens is 1. The van der Waals surface area contributed by atoms with E-state index in [1.54, 1.807) is 0 Å². The van der Waals surface area contributed by atoms with Crippen molar-refractivity contribution in [3.63, 3.8) is 0 Å². The van der Waals surface area contributed by atoms with Crippen LogP contribution in [0.1, 0.15) is 39.6 Å². The van der Waals surface area contributed by atoms with E-state index in [0.717, 1.165) is 41.7 Å². The molecule has 1 aromatic heterocycles. The summed E-state index contributed by atoms with van der Waals surface area (Å²) in [6, 6.07) is 18.9. The number of hydrogen-bond acceptors (Lipinski definition) is 4. The summed E-state index contributed by atoms with van der Waals surface area (Å²) in [6.45, 7) is 5.34. The van der Waals surface area contributed by atoms with Gasteiger partial charge in [0.25, 0.3) is 0 Å². The van der Waals surface area contributed by atoms with Gasteiger partial charge in [0.05, 0.1) is 11.7 Å². The Labute approximate surface area is 203 Å². The molecule has 1 fully saturated rings. The number of nitrogens with zero attached hydrogens (tertiary/aromatic N) is 3. The van der Waals surface area contributed by atoms with Gasteiger partial charge < -0.3 is 9.64 Å². The fourth-order valence-electron chi connectivity index (χ4n) is 4.92. The number of carbonyl (C=O) groups is 1. The number of aryl methyl sites for hydroxylation is 3. The molecular formula is C27H28BrN3O2. The number of amides is 1. The molecule has 0 bridgehead atoms. The van der Waals surface area contributed by atoms with Gasteiger partial charge in [-0.2, -0.15) is 0 Å². The van der Waals surface area contributed by atoms with Gasteiger partial charge in [-0.3, -0.25) is 9.88 Å². The van der Waals surface area contributed by atoms with Crippen molar-refractivity contribution < 1.29 is 9.53 Å². The van der Waals surface area contributed by atoms with Gasteiger partial charge in [0.1, 0.15) is 6.61 Å². The lowest BCUT2D eigenvalue weighted by Crippen LogP contribution is -2.50. The zero-order valence-electron chi connectivity index (χ0n) is 18.8. The van der Waals surface area contributed by atoms with E-state index in [1.807, 2.05) is 41.4 Å². The molecule has 1 aliphatic heterocycles. The van der Waals surface area contributed by atoms with Crippen LogP contribution in [0.3, 0.4) is 0 Å². The SMILES string of the molecule is Cc1ccc2c(c1)CCc1cc(Br)cnc1C2N1CCN(C(=O)OCc2ccccc2)CC1. The molecule has 2 aromatic carbocycles. The van der Waals surface area contributed by atoms with Crippen LogP contribution in [0.5, 0.6) is 0 Å². The van der Waals surface area contributed by atoms with Crippen LogP contribution in [0.15, 0.2) is 65.3 Å². The summed E-state index contributed by atoms with van der Waals surface area (Å²) in [5.74, 6) is 0. The van der Waals surface area contributed by atoms with E-state index in [4.69, 9.17) is 9.72 Å². The van der Waals surface area contributed by atoms with Crippen LogP contribution in [0.4, 0.5) is 4.79 Å². The van der Waals surface area contributed by atoms with Crippen molar-refractivity contribution in [1.82, 2.24) is 14.8 Å². The molecule has 1 aliphatic carbocycles. The number of hydrogen-bond donors (Lipinski definition) is 0. The van der Waals surface area contributed by atoms with Crippen molar-refractivity contribution in [2.45, 2.75) is 32.4 Å². The van der Waals surface area contributed by atoms with Crippen molar-refractivity contribution >= 4 is 22.0 Å². The Bertz CT molecular complexity index is 1090. The molecule has 0 N–H and O–H groups in total. The highest BCUT2D eigenvalue weighted by atomic mass is 79.9. The number of benzene rings is 2. The Kier molecular flexibility index (Phi) is 6.47. The van der Waals surface area contributed by atoms with Crippen molar-refractivity contribution in [1.29, 1.82) is 0 Å². The monoisotopic (exact) mass is 505 g/mol. The van der Waals surface area contributed by atoms with E-state index in [-0.39, 0.29) is 12.1 Å². The van der Waals surface area contributed by atoms with E-state index in [1.165, 1.54) is 22.3 Å². The number of ether oxygens (including phenoxy) is 1. The second-order valence-corrected chi connectivity index (χ2v) is 9.78. The van der Waals surface area contributed by atoms with Gasteiger partial charge in [0.15, 0.2) is 0 Å². The van der Waals surface area contributed by atoms with Crippen molar-refractivity contribution in [2.75, 3.05) is 26.2 Å². The van der Waals surface area contributed by atoms with Crippen LogP contribution < -0.4 is 0 Å². The summed E-state index contributed by atoms with van der Waals surface area (Å²) < 4.78 is 6.58. The van der Waals surface area contributed by atoms with E-state index in [2.05, 4.69) is 52.0 Å². The van der Waals surface area contributed by atoms with E-state index in [0.29, 0.717) is 19.7 Å². The predicted molar refractivity (Wildman–Crippen MR) is 132 cm³/mol. The zero-order valence-corrected chi connectivity index (χ0v) is 20.4. The topological polar surface area (TPSA) is 45.7 Å². The normalized spacial score (nSPS) is 18.2. The van der Waals surface area contributed by atoms with Gasteiger partial charge in [0, 0.05) is 36.8 Å². The fraction of sp³-hybridized carbons (Fsp3) is 0.333. The summed E-state index contributed by atoms with van der Waals surface area (Å²) in [4.78, 5) is 21.8. The fourth-order valence-corrected chi connectivity index (χ4v) is 5.29. The molecule has 1 unspecified atom stereocenters. The van der Waals surface area contributed by atoms with Crippen LogP contribution in [0.2, 0.25) is 0 Å². The lowest BCUT2D eigenvalue weighted by Gasteiger charge is -2.39. The lowest BCUT2D eigenvalue weighted by molar-refractivity contribution is 0.0640. The third kappa shape index (κ3) is 4.82. The Morgan fingerprint density at radius 2 is 1.79 bits per heavy atom. The van der Waals surface area contributed by atoms with Gasteiger partial charge in [-0.1, -0.05) is 54.1 Å². The first-order chi connectivity index (χ1) is 16.1. The molecule has 3 aromatic rings. The molecule has 170 valence electrons. The predicted octanol–water partition coefficient (Wildman–Crippen LogP) is 5.29. The van der Waals surface area contributed by atoms with Gasteiger partial charge in [-0.05, 0) is 64.0 Å². The van der Waals surface area contributed by atoms with Crippen LogP contribution in [0, 0.1) is 6.92 Å². The number of aromatic nitrogens is 1. The van der Waals surface area contributed by atoms with Crippen molar-refractivity contribution in [3.05, 3.63) is 98.8 Å². The quantitative estimate of drug-likeness (QED) is 0.484. The average molecular weight is 506 g/mol. The first-order valence-electron chi connectivity index (χ1n) is 11.5. The van der Waals surface area contributed by atoms with Crippen molar-refractivity contribution in [2.24, 2.45) is 0 Å².